The van der Waals surface area contributed by atoms with Crippen LogP contribution in [0.5, 0.6) is 0 Å². The van der Waals surface area contributed by atoms with E-state index >= 15 is 0 Å². The summed E-state index contributed by atoms with van der Waals surface area (Å²) in [5.74, 6) is 4.21. The molecule has 1 atom stereocenters. The van der Waals surface area contributed by atoms with Crippen LogP contribution in [0.1, 0.15) is 18.1 Å². The number of aliphatic hydroxyl groups is 1. The standard InChI is InChI=1S/C14H14N2O3/c1-3-19-14(18)13(16-15)12(17)9-8-11-6-4-10(2)5-7-11/h4-7,12,17H,3H2,1-2H3. The van der Waals surface area contributed by atoms with Crippen LogP contribution >= 0.6 is 0 Å². The molecule has 5 heteroatoms. The average Bonchev–Trinajstić information content (AvgIpc) is 2.39. The Morgan fingerprint density at radius 3 is 2.63 bits per heavy atom. The van der Waals surface area contributed by atoms with Crippen LogP contribution in [0.2, 0.25) is 0 Å². The summed E-state index contributed by atoms with van der Waals surface area (Å²) in [4.78, 5) is 14.1. The number of carbonyl (C=O) groups is 1. The monoisotopic (exact) mass is 258 g/mol. The van der Waals surface area contributed by atoms with Gasteiger partial charge in [0.2, 0.25) is 6.10 Å². The predicted octanol–water partition coefficient (Wildman–Crippen LogP) is 0.941. The lowest BCUT2D eigenvalue weighted by Gasteiger charge is -1.98. The van der Waals surface area contributed by atoms with Crippen LogP contribution in [-0.4, -0.2) is 34.3 Å². The van der Waals surface area contributed by atoms with Crippen molar-refractivity contribution < 1.29 is 19.4 Å². The van der Waals surface area contributed by atoms with Gasteiger partial charge in [0, 0.05) is 5.56 Å². The molecule has 0 radical (unpaired) electrons. The second-order valence-corrected chi connectivity index (χ2v) is 3.74. The van der Waals surface area contributed by atoms with Gasteiger partial charge in [0.15, 0.2) is 0 Å². The number of aryl methyl sites for hydroxylation is 1. The summed E-state index contributed by atoms with van der Waals surface area (Å²) in [6, 6.07) is 7.33. The van der Waals surface area contributed by atoms with Crippen molar-refractivity contribution in [2.75, 3.05) is 6.61 Å². The number of nitrogens with zero attached hydrogens (tertiary/aromatic N) is 2. The van der Waals surface area contributed by atoms with E-state index in [0.29, 0.717) is 5.56 Å². The molecule has 98 valence electrons. The first-order chi connectivity index (χ1) is 9.08. The molecule has 1 unspecified atom stereocenters. The third kappa shape index (κ3) is 4.40. The summed E-state index contributed by atoms with van der Waals surface area (Å²) in [5.41, 5.74) is 9.94. The van der Waals surface area contributed by atoms with Gasteiger partial charge in [-0.2, -0.15) is 4.79 Å². The minimum absolute atomic E-state index is 0.121. The first kappa shape index (κ1) is 14.7. The molecule has 1 aromatic rings. The zero-order valence-corrected chi connectivity index (χ0v) is 10.8. The Morgan fingerprint density at radius 2 is 2.11 bits per heavy atom. The summed E-state index contributed by atoms with van der Waals surface area (Å²) in [6.07, 6.45) is -1.50. The van der Waals surface area contributed by atoms with Crippen LogP contribution in [0.25, 0.3) is 5.53 Å². The normalized spacial score (nSPS) is 10.7. The first-order valence-electron chi connectivity index (χ1n) is 5.73. The molecule has 0 aromatic heterocycles. The Hall–Kier alpha value is -2.41. The van der Waals surface area contributed by atoms with E-state index in [2.05, 4.69) is 21.4 Å². The molecule has 0 heterocycles. The second kappa shape index (κ2) is 7.12. The van der Waals surface area contributed by atoms with E-state index in [1.165, 1.54) is 0 Å². The first-order valence-corrected chi connectivity index (χ1v) is 5.73. The third-order valence-corrected chi connectivity index (χ3v) is 2.26. The van der Waals surface area contributed by atoms with Crippen LogP contribution in [0.4, 0.5) is 0 Å². The quantitative estimate of drug-likeness (QED) is 0.288. The van der Waals surface area contributed by atoms with E-state index in [-0.39, 0.29) is 6.61 Å². The lowest BCUT2D eigenvalue weighted by molar-refractivity contribution is -0.140. The molecule has 0 amide bonds. The number of aliphatic hydroxyl groups excluding tert-OH is 1. The molecule has 1 aromatic carbocycles. The van der Waals surface area contributed by atoms with E-state index in [1.54, 1.807) is 19.1 Å². The number of hydrogen-bond donors (Lipinski definition) is 1. The van der Waals surface area contributed by atoms with Crippen molar-refractivity contribution in [1.29, 1.82) is 0 Å². The zero-order valence-electron chi connectivity index (χ0n) is 10.8. The maximum Gasteiger partial charge on any atom is 0.421 e. The van der Waals surface area contributed by atoms with Crippen LogP contribution < -0.4 is 0 Å². The molecular formula is C14H14N2O3. The number of ether oxygens (including phenoxy) is 1. The van der Waals surface area contributed by atoms with Gasteiger partial charge in [0.05, 0.1) is 6.61 Å². The molecule has 0 aliphatic heterocycles. The Bertz CT molecular complexity index is 561. The highest BCUT2D eigenvalue weighted by atomic mass is 16.5. The topological polar surface area (TPSA) is 82.9 Å². The largest absolute Gasteiger partial charge is 0.457 e. The SMILES string of the molecule is CCOC(=O)C(=[N+]=[N-])C(O)C#Cc1ccc(C)cc1. The fourth-order valence-corrected chi connectivity index (χ4v) is 1.27. The van der Waals surface area contributed by atoms with E-state index in [1.807, 2.05) is 19.1 Å². The highest BCUT2D eigenvalue weighted by Crippen LogP contribution is 2.01. The lowest BCUT2D eigenvalue weighted by atomic mass is 10.1. The van der Waals surface area contributed by atoms with Crippen LogP contribution in [0.15, 0.2) is 24.3 Å². The molecule has 0 saturated carbocycles. The van der Waals surface area contributed by atoms with Crippen LogP contribution in [0.3, 0.4) is 0 Å². The molecule has 5 nitrogen and oxygen atoms in total. The van der Waals surface area contributed by atoms with E-state index in [4.69, 9.17) is 5.53 Å². The third-order valence-electron chi connectivity index (χ3n) is 2.26. The van der Waals surface area contributed by atoms with E-state index < -0.39 is 17.8 Å². The van der Waals surface area contributed by atoms with Gasteiger partial charge in [-0.25, -0.2) is 4.79 Å². The lowest BCUT2D eigenvalue weighted by Crippen LogP contribution is -2.30. The number of carbonyl (C=O) groups excluding carboxylic acids is 1. The van der Waals surface area contributed by atoms with Gasteiger partial charge in [-0.15, -0.1) is 0 Å². The molecule has 0 saturated heterocycles. The number of rotatable bonds is 3. The fraction of sp³-hybridized carbons (Fsp3) is 0.286. The molecule has 19 heavy (non-hydrogen) atoms. The minimum atomic E-state index is -1.50. The molecule has 0 aliphatic rings. The molecule has 1 N–H and O–H groups in total. The van der Waals surface area contributed by atoms with Gasteiger partial charge in [0.1, 0.15) is 0 Å². The minimum Gasteiger partial charge on any atom is -0.457 e. The van der Waals surface area contributed by atoms with E-state index in [0.717, 1.165) is 5.56 Å². The summed E-state index contributed by atoms with van der Waals surface area (Å²) < 4.78 is 4.63. The predicted molar refractivity (Wildman–Crippen MR) is 69.3 cm³/mol. The molecule has 0 fully saturated rings. The summed E-state index contributed by atoms with van der Waals surface area (Å²) >= 11 is 0. The summed E-state index contributed by atoms with van der Waals surface area (Å²) in [5, 5.41) is 9.66. The van der Waals surface area contributed by atoms with Gasteiger partial charge < -0.3 is 15.4 Å². The summed E-state index contributed by atoms with van der Waals surface area (Å²) in [6.45, 7) is 3.68. The Kier molecular flexibility index (Phi) is 5.49. The van der Waals surface area contributed by atoms with Crippen molar-refractivity contribution in [3.05, 3.63) is 40.9 Å². The molecule has 0 bridgehead atoms. The van der Waals surface area contributed by atoms with Gasteiger partial charge in [-0.1, -0.05) is 29.5 Å². The highest BCUT2D eigenvalue weighted by Gasteiger charge is 2.29. The van der Waals surface area contributed by atoms with Gasteiger partial charge in [-0.3, -0.25) is 0 Å². The highest BCUT2D eigenvalue weighted by molar-refractivity contribution is 6.36. The Labute approximate surface area is 111 Å². The van der Waals surface area contributed by atoms with Crippen molar-refractivity contribution in [2.45, 2.75) is 20.0 Å². The number of benzene rings is 1. The summed E-state index contributed by atoms with van der Waals surface area (Å²) in [7, 11) is 0. The van der Waals surface area contributed by atoms with Crippen molar-refractivity contribution >= 4 is 11.7 Å². The van der Waals surface area contributed by atoms with Crippen molar-refractivity contribution in [3.63, 3.8) is 0 Å². The van der Waals surface area contributed by atoms with Crippen molar-refractivity contribution in [1.82, 2.24) is 0 Å². The van der Waals surface area contributed by atoms with Gasteiger partial charge in [-0.05, 0) is 26.0 Å². The van der Waals surface area contributed by atoms with Gasteiger partial charge in [0.25, 0.3) is 0 Å². The molecule has 0 aliphatic carbocycles. The Balaban J connectivity index is 2.84. The van der Waals surface area contributed by atoms with Gasteiger partial charge >= 0.3 is 11.7 Å². The van der Waals surface area contributed by atoms with Crippen molar-refractivity contribution in [3.8, 4) is 11.8 Å². The molecule has 0 spiro atoms. The smallest absolute Gasteiger partial charge is 0.421 e. The van der Waals surface area contributed by atoms with Crippen molar-refractivity contribution in [2.24, 2.45) is 0 Å². The van der Waals surface area contributed by atoms with Crippen LogP contribution in [-0.2, 0) is 9.53 Å². The molecule has 1 rings (SSSR count). The molecular weight excluding hydrogens is 244 g/mol. The average molecular weight is 258 g/mol. The Morgan fingerprint density at radius 1 is 1.47 bits per heavy atom. The zero-order chi connectivity index (χ0) is 14.3. The second-order valence-electron chi connectivity index (χ2n) is 3.74. The van der Waals surface area contributed by atoms with Crippen LogP contribution in [0, 0.1) is 18.8 Å². The number of esters is 1. The fourth-order valence-electron chi connectivity index (χ4n) is 1.27. The number of hydrogen-bond acceptors (Lipinski definition) is 3. The maximum absolute atomic E-state index is 11.3. The van der Waals surface area contributed by atoms with E-state index in [9.17, 15) is 9.90 Å². The maximum atomic E-state index is 11.3.